The minimum atomic E-state index is -0.503. The molecule has 0 aliphatic carbocycles. The van der Waals surface area contributed by atoms with Gasteiger partial charge in [0.1, 0.15) is 0 Å². The average molecular weight is 331 g/mol. The van der Waals surface area contributed by atoms with Crippen LogP contribution in [0.25, 0.3) is 0 Å². The van der Waals surface area contributed by atoms with Crippen molar-refractivity contribution >= 4 is 23.4 Å². The van der Waals surface area contributed by atoms with Gasteiger partial charge in [-0.05, 0) is 37.1 Å². The smallest absolute Gasteiger partial charge is 0.248 e. The van der Waals surface area contributed by atoms with Crippen LogP contribution in [0.1, 0.15) is 44.0 Å². The molecular formula is C18H25N3O3. The van der Waals surface area contributed by atoms with E-state index in [2.05, 4.69) is 5.32 Å². The number of primary amides is 1. The zero-order chi connectivity index (χ0) is 17.9. The fraction of sp³-hybridized carbons (Fsp3) is 0.500. The first-order valence-electron chi connectivity index (χ1n) is 8.18. The lowest BCUT2D eigenvalue weighted by Crippen LogP contribution is -2.47. The monoisotopic (exact) mass is 331 g/mol. The largest absolute Gasteiger partial charge is 0.366 e. The Hall–Kier alpha value is -2.37. The molecule has 3 N–H and O–H groups in total. The first kappa shape index (κ1) is 18.0. The summed E-state index contributed by atoms with van der Waals surface area (Å²) in [6.07, 6.45) is 1.58. The third-order valence-corrected chi connectivity index (χ3v) is 4.16. The summed E-state index contributed by atoms with van der Waals surface area (Å²) >= 11 is 0. The lowest BCUT2D eigenvalue weighted by Gasteiger charge is -2.35. The van der Waals surface area contributed by atoms with Gasteiger partial charge in [0, 0.05) is 29.8 Å². The third kappa shape index (κ3) is 4.34. The number of hydrogen-bond acceptors (Lipinski definition) is 3. The molecular weight excluding hydrogens is 306 g/mol. The molecule has 0 saturated carbocycles. The fourth-order valence-corrected chi connectivity index (χ4v) is 2.81. The summed E-state index contributed by atoms with van der Waals surface area (Å²) in [7, 11) is 0. The molecule has 1 aliphatic heterocycles. The number of piperidine rings is 1. The molecule has 1 saturated heterocycles. The van der Waals surface area contributed by atoms with Crippen molar-refractivity contribution in [1.29, 1.82) is 0 Å². The average Bonchev–Trinajstić information content (AvgIpc) is 2.54. The number of carbonyl (C=O) groups excluding carboxylic acids is 3. The molecule has 0 radical (unpaired) electrons. The van der Waals surface area contributed by atoms with Crippen molar-refractivity contribution in [2.45, 2.75) is 33.6 Å². The van der Waals surface area contributed by atoms with Gasteiger partial charge in [0.05, 0.1) is 5.92 Å². The number of likely N-dealkylation sites (tertiary alicyclic amines) is 1. The summed E-state index contributed by atoms with van der Waals surface area (Å²) in [5.74, 6) is -0.753. The van der Waals surface area contributed by atoms with Gasteiger partial charge in [-0.2, -0.15) is 0 Å². The van der Waals surface area contributed by atoms with E-state index in [9.17, 15) is 14.4 Å². The Morgan fingerprint density at radius 3 is 2.33 bits per heavy atom. The van der Waals surface area contributed by atoms with Gasteiger partial charge in [0.25, 0.3) is 0 Å². The number of amides is 3. The number of nitrogens with one attached hydrogen (secondary N) is 1. The maximum atomic E-state index is 12.5. The highest BCUT2D eigenvalue weighted by Crippen LogP contribution is 2.24. The van der Waals surface area contributed by atoms with Gasteiger partial charge in [0.15, 0.2) is 0 Å². The fourth-order valence-electron chi connectivity index (χ4n) is 2.81. The molecule has 1 aliphatic rings. The Kier molecular flexibility index (Phi) is 5.26. The van der Waals surface area contributed by atoms with Crippen molar-refractivity contribution in [3.05, 3.63) is 29.8 Å². The molecule has 130 valence electrons. The Balaban J connectivity index is 1.99. The minimum absolute atomic E-state index is 0.0748. The van der Waals surface area contributed by atoms with Crippen molar-refractivity contribution in [2.75, 3.05) is 18.4 Å². The van der Waals surface area contributed by atoms with Crippen molar-refractivity contribution in [1.82, 2.24) is 4.90 Å². The maximum absolute atomic E-state index is 12.5. The Morgan fingerprint density at radius 2 is 1.79 bits per heavy atom. The standard InChI is InChI=1S/C18H25N3O3/c1-18(2,3)17(24)21-10-4-5-13(11-21)16(23)20-14-8-6-12(7-9-14)15(19)22/h6-9,13H,4-5,10-11H2,1-3H3,(H2,19,22)(H,20,23). The summed E-state index contributed by atoms with van der Waals surface area (Å²) < 4.78 is 0. The van der Waals surface area contributed by atoms with Crippen LogP contribution in [0, 0.1) is 11.3 Å². The van der Waals surface area contributed by atoms with Crippen LogP contribution < -0.4 is 11.1 Å². The highest BCUT2D eigenvalue weighted by Gasteiger charge is 2.33. The number of benzene rings is 1. The molecule has 1 aromatic rings. The van der Waals surface area contributed by atoms with E-state index in [0.29, 0.717) is 24.3 Å². The van der Waals surface area contributed by atoms with E-state index in [0.717, 1.165) is 12.8 Å². The maximum Gasteiger partial charge on any atom is 0.248 e. The number of hydrogen-bond donors (Lipinski definition) is 2. The highest BCUT2D eigenvalue weighted by atomic mass is 16.2. The van der Waals surface area contributed by atoms with Crippen molar-refractivity contribution < 1.29 is 14.4 Å². The lowest BCUT2D eigenvalue weighted by molar-refractivity contribution is -0.142. The molecule has 6 nitrogen and oxygen atoms in total. The lowest BCUT2D eigenvalue weighted by atomic mass is 9.91. The van der Waals surface area contributed by atoms with Gasteiger partial charge >= 0.3 is 0 Å². The molecule has 0 spiro atoms. The van der Waals surface area contributed by atoms with Crippen molar-refractivity contribution in [2.24, 2.45) is 17.1 Å². The number of carbonyl (C=O) groups is 3. The molecule has 2 rings (SSSR count). The van der Waals surface area contributed by atoms with Gasteiger partial charge in [0.2, 0.25) is 17.7 Å². The second-order valence-corrected chi connectivity index (χ2v) is 7.27. The number of rotatable bonds is 3. The first-order valence-corrected chi connectivity index (χ1v) is 8.18. The van der Waals surface area contributed by atoms with Crippen LogP contribution in [-0.2, 0) is 9.59 Å². The molecule has 1 fully saturated rings. The van der Waals surface area contributed by atoms with E-state index in [1.54, 1.807) is 29.2 Å². The summed E-state index contributed by atoms with van der Waals surface area (Å²) in [5, 5.41) is 2.85. The van der Waals surface area contributed by atoms with Crippen LogP contribution in [0.15, 0.2) is 24.3 Å². The third-order valence-electron chi connectivity index (χ3n) is 4.16. The second-order valence-electron chi connectivity index (χ2n) is 7.27. The quantitative estimate of drug-likeness (QED) is 0.887. The van der Waals surface area contributed by atoms with Gasteiger partial charge in [-0.15, -0.1) is 0 Å². The van der Waals surface area contributed by atoms with Gasteiger partial charge in [-0.3, -0.25) is 14.4 Å². The highest BCUT2D eigenvalue weighted by molar-refractivity contribution is 5.95. The van der Waals surface area contributed by atoms with E-state index in [1.807, 2.05) is 20.8 Å². The summed E-state index contributed by atoms with van der Waals surface area (Å²) in [6.45, 7) is 6.81. The molecule has 1 heterocycles. The predicted octanol–water partition coefficient (Wildman–Crippen LogP) is 2.01. The molecule has 3 amide bonds. The normalized spacial score (nSPS) is 18.1. The molecule has 1 aromatic carbocycles. The van der Waals surface area contributed by atoms with Gasteiger partial charge in [-0.1, -0.05) is 20.8 Å². The van der Waals surface area contributed by atoms with Crippen LogP contribution in [0.3, 0.4) is 0 Å². The van der Waals surface area contributed by atoms with E-state index in [4.69, 9.17) is 5.73 Å². The Bertz CT molecular complexity index is 632. The molecule has 0 aromatic heterocycles. The van der Waals surface area contributed by atoms with Crippen molar-refractivity contribution in [3.8, 4) is 0 Å². The molecule has 1 atom stereocenters. The summed E-state index contributed by atoms with van der Waals surface area (Å²) in [4.78, 5) is 37.7. The van der Waals surface area contributed by atoms with Crippen LogP contribution in [-0.4, -0.2) is 35.7 Å². The zero-order valence-electron chi connectivity index (χ0n) is 14.5. The van der Waals surface area contributed by atoms with E-state index in [-0.39, 0.29) is 17.7 Å². The van der Waals surface area contributed by atoms with Crippen molar-refractivity contribution in [3.63, 3.8) is 0 Å². The Morgan fingerprint density at radius 1 is 1.17 bits per heavy atom. The van der Waals surface area contributed by atoms with Gasteiger partial charge < -0.3 is 16.0 Å². The predicted molar refractivity (Wildman–Crippen MR) is 92.3 cm³/mol. The number of nitrogens with two attached hydrogens (primary N) is 1. The zero-order valence-corrected chi connectivity index (χ0v) is 14.5. The second kappa shape index (κ2) is 7.03. The van der Waals surface area contributed by atoms with Crippen LogP contribution in [0.5, 0.6) is 0 Å². The SMILES string of the molecule is CC(C)(C)C(=O)N1CCCC(C(=O)Nc2ccc(C(N)=O)cc2)C1. The van der Waals surface area contributed by atoms with Crippen LogP contribution in [0.4, 0.5) is 5.69 Å². The topological polar surface area (TPSA) is 92.5 Å². The first-order chi connectivity index (χ1) is 11.2. The Labute approximate surface area is 142 Å². The van der Waals surface area contributed by atoms with E-state index >= 15 is 0 Å². The summed E-state index contributed by atoms with van der Waals surface area (Å²) in [5.41, 5.74) is 5.77. The molecule has 6 heteroatoms. The summed E-state index contributed by atoms with van der Waals surface area (Å²) in [6, 6.07) is 6.46. The van der Waals surface area contributed by atoms with Crippen LogP contribution in [0.2, 0.25) is 0 Å². The van der Waals surface area contributed by atoms with Gasteiger partial charge in [-0.25, -0.2) is 0 Å². The molecule has 0 bridgehead atoms. The molecule has 24 heavy (non-hydrogen) atoms. The number of nitrogens with zero attached hydrogens (tertiary/aromatic N) is 1. The van der Waals surface area contributed by atoms with E-state index in [1.165, 1.54) is 0 Å². The minimum Gasteiger partial charge on any atom is -0.366 e. The molecule has 1 unspecified atom stereocenters. The van der Waals surface area contributed by atoms with E-state index < -0.39 is 11.3 Å². The van der Waals surface area contributed by atoms with Crippen LogP contribution >= 0.6 is 0 Å². The number of anilines is 1.